The highest BCUT2D eigenvalue weighted by Crippen LogP contribution is 2.32. The third kappa shape index (κ3) is 4.08. The molecule has 1 aromatic heterocycles. The van der Waals surface area contributed by atoms with Crippen molar-refractivity contribution in [3.05, 3.63) is 90.1 Å². The fourth-order valence-electron chi connectivity index (χ4n) is 3.96. The first-order valence-corrected chi connectivity index (χ1v) is 10.3. The molecule has 0 atom stereocenters. The number of carboxylic acids is 1. The average molecular weight is 399 g/mol. The number of rotatable bonds is 8. The van der Waals surface area contributed by atoms with Gasteiger partial charge in [0.2, 0.25) is 0 Å². The molecule has 0 fully saturated rings. The molecular formula is C26H25NO3. The lowest BCUT2D eigenvalue weighted by Crippen LogP contribution is -2.09. The maximum Gasteiger partial charge on any atom is 0.341 e. The molecule has 0 aliphatic rings. The van der Waals surface area contributed by atoms with Crippen LogP contribution in [0.3, 0.4) is 0 Å². The summed E-state index contributed by atoms with van der Waals surface area (Å²) in [5, 5.41) is 9.95. The fraction of sp³-hybridized carbons (Fsp3) is 0.192. The van der Waals surface area contributed by atoms with Gasteiger partial charge in [0.1, 0.15) is 5.75 Å². The van der Waals surface area contributed by atoms with Gasteiger partial charge < -0.3 is 14.4 Å². The predicted octanol–water partition coefficient (Wildman–Crippen LogP) is 5.77. The third-order valence-electron chi connectivity index (χ3n) is 5.28. The molecule has 4 rings (SSSR count). The summed E-state index contributed by atoms with van der Waals surface area (Å²) in [4.78, 5) is 11.0. The molecule has 1 heterocycles. The summed E-state index contributed by atoms with van der Waals surface area (Å²) in [5.41, 5.74) is 5.95. The Morgan fingerprint density at radius 1 is 0.967 bits per heavy atom. The number of hydrogen-bond donors (Lipinski definition) is 1. The lowest BCUT2D eigenvalue weighted by Gasteiger charge is -2.15. The van der Waals surface area contributed by atoms with Gasteiger partial charge in [0, 0.05) is 17.6 Å². The molecule has 0 aliphatic heterocycles. The normalized spacial score (nSPS) is 11.0. The van der Waals surface area contributed by atoms with Gasteiger partial charge in [0.25, 0.3) is 0 Å². The number of aliphatic carboxylic acids is 1. The number of fused-ring (bicyclic) bond motifs is 1. The minimum absolute atomic E-state index is 0.343. The number of benzene rings is 3. The van der Waals surface area contributed by atoms with Crippen LogP contribution in [-0.4, -0.2) is 22.2 Å². The number of carboxylic acid groups (broad SMARTS) is 1. The molecule has 0 saturated heterocycles. The molecule has 30 heavy (non-hydrogen) atoms. The van der Waals surface area contributed by atoms with Crippen LogP contribution in [0.25, 0.3) is 22.0 Å². The minimum atomic E-state index is -0.975. The quantitative estimate of drug-likeness (QED) is 0.409. The average Bonchev–Trinajstić information content (AvgIpc) is 3.11. The van der Waals surface area contributed by atoms with E-state index in [1.54, 1.807) is 0 Å². The van der Waals surface area contributed by atoms with E-state index in [-0.39, 0.29) is 6.61 Å². The summed E-state index contributed by atoms with van der Waals surface area (Å²) in [6.07, 6.45) is 1.97. The second-order valence-corrected chi connectivity index (χ2v) is 7.37. The van der Waals surface area contributed by atoms with E-state index in [4.69, 9.17) is 9.84 Å². The van der Waals surface area contributed by atoms with Crippen molar-refractivity contribution in [3.63, 3.8) is 0 Å². The van der Waals surface area contributed by atoms with E-state index < -0.39 is 5.97 Å². The van der Waals surface area contributed by atoms with E-state index in [9.17, 15) is 4.79 Å². The molecule has 0 amide bonds. The summed E-state index contributed by atoms with van der Waals surface area (Å²) >= 11 is 0. The van der Waals surface area contributed by atoms with Crippen molar-refractivity contribution in [1.82, 2.24) is 4.57 Å². The molecule has 4 heteroatoms. The summed E-state index contributed by atoms with van der Waals surface area (Å²) < 4.78 is 7.89. The van der Waals surface area contributed by atoms with Gasteiger partial charge in [-0.15, -0.1) is 0 Å². The maximum atomic E-state index is 11.0. The van der Waals surface area contributed by atoms with Crippen molar-refractivity contribution in [2.24, 2.45) is 0 Å². The number of carbonyl (C=O) groups is 1. The first kappa shape index (κ1) is 19.8. The molecule has 0 spiro atoms. The van der Waals surface area contributed by atoms with Crippen molar-refractivity contribution in [2.45, 2.75) is 26.3 Å². The first-order chi connectivity index (χ1) is 14.7. The van der Waals surface area contributed by atoms with Crippen molar-refractivity contribution >= 4 is 16.9 Å². The molecule has 0 unspecified atom stereocenters. The molecule has 3 aromatic carbocycles. The smallest absolute Gasteiger partial charge is 0.341 e. The Morgan fingerprint density at radius 2 is 1.73 bits per heavy atom. The van der Waals surface area contributed by atoms with Gasteiger partial charge >= 0.3 is 5.97 Å². The van der Waals surface area contributed by atoms with Gasteiger partial charge in [0.15, 0.2) is 6.61 Å². The first-order valence-electron chi connectivity index (χ1n) is 10.3. The third-order valence-corrected chi connectivity index (χ3v) is 5.28. The standard InChI is InChI=1S/C26H25NO3/c1-2-9-21-16-23-24(14-8-15-25(23)30-18-26(28)29)27(21)17-20-12-6-7-13-22(20)19-10-4-3-5-11-19/h3-8,10-16H,2,9,17-18H2,1H3,(H,28,29). The molecule has 0 aliphatic carbocycles. The molecular weight excluding hydrogens is 374 g/mol. The van der Waals surface area contributed by atoms with Crippen LogP contribution in [0, 0.1) is 0 Å². The number of aryl methyl sites for hydroxylation is 1. The van der Waals surface area contributed by atoms with Crippen molar-refractivity contribution in [1.29, 1.82) is 0 Å². The summed E-state index contributed by atoms with van der Waals surface area (Å²) in [7, 11) is 0. The number of hydrogen-bond acceptors (Lipinski definition) is 2. The summed E-state index contributed by atoms with van der Waals surface area (Å²) in [6, 6.07) is 26.9. The Balaban J connectivity index is 1.79. The maximum absolute atomic E-state index is 11.0. The van der Waals surface area contributed by atoms with E-state index in [2.05, 4.69) is 72.2 Å². The molecule has 0 saturated carbocycles. The topological polar surface area (TPSA) is 51.5 Å². The number of nitrogens with zero attached hydrogens (tertiary/aromatic N) is 1. The second-order valence-electron chi connectivity index (χ2n) is 7.37. The lowest BCUT2D eigenvalue weighted by molar-refractivity contribution is -0.139. The van der Waals surface area contributed by atoms with Crippen molar-refractivity contribution in [2.75, 3.05) is 6.61 Å². The van der Waals surface area contributed by atoms with Gasteiger partial charge in [-0.3, -0.25) is 0 Å². The van der Waals surface area contributed by atoms with Crippen LogP contribution >= 0.6 is 0 Å². The zero-order chi connectivity index (χ0) is 20.9. The van der Waals surface area contributed by atoms with Gasteiger partial charge in [0.05, 0.1) is 5.52 Å². The Bertz CT molecular complexity index is 1160. The fourth-order valence-corrected chi connectivity index (χ4v) is 3.96. The van der Waals surface area contributed by atoms with Gasteiger partial charge in [-0.25, -0.2) is 4.79 Å². The lowest BCUT2D eigenvalue weighted by atomic mass is 9.99. The monoisotopic (exact) mass is 399 g/mol. The van der Waals surface area contributed by atoms with Crippen LogP contribution in [0.5, 0.6) is 5.75 Å². The Labute approximate surface area is 176 Å². The van der Waals surface area contributed by atoms with Crippen LogP contribution in [0.1, 0.15) is 24.6 Å². The molecule has 1 N–H and O–H groups in total. The van der Waals surface area contributed by atoms with Crippen LogP contribution in [-0.2, 0) is 17.8 Å². The summed E-state index contributed by atoms with van der Waals surface area (Å²) in [5.74, 6) is -0.362. The second kappa shape index (κ2) is 8.87. The van der Waals surface area contributed by atoms with Crippen LogP contribution in [0.2, 0.25) is 0 Å². The number of ether oxygens (including phenoxy) is 1. The van der Waals surface area contributed by atoms with Crippen LogP contribution in [0.4, 0.5) is 0 Å². The SMILES string of the molecule is CCCc1cc2c(OCC(=O)O)cccc2n1Cc1ccccc1-c1ccccc1. The van der Waals surface area contributed by atoms with E-state index in [0.29, 0.717) is 5.75 Å². The summed E-state index contributed by atoms with van der Waals surface area (Å²) in [6.45, 7) is 2.57. The molecule has 4 nitrogen and oxygen atoms in total. The molecule has 4 aromatic rings. The van der Waals surface area contributed by atoms with Crippen molar-refractivity contribution < 1.29 is 14.6 Å². The highest BCUT2D eigenvalue weighted by Gasteiger charge is 2.15. The zero-order valence-electron chi connectivity index (χ0n) is 17.0. The van der Waals surface area contributed by atoms with Crippen LogP contribution < -0.4 is 4.74 Å². The predicted molar refractivity (Wildman–Crippen MR) is 120 cm³/mol. The molecule has 0 bridgehead atoms. The zero-order valence-corrected chi connectivity index (χ0v) is 17.0. The Kier molecular flexibility index (Phi) is 5.84. The minimum Gasteiger partial charge on any atom is -0.481 e. The van der Waals surface area contributed by atoms with Gasteiger partial charge in [-0.1, -0.05) is 74.0 Å². The molecule has 152 valence electrons. The van der Waals surface area contributed by atoms with E-state index in [1.807, 2.05) is 18.2 Å². The Morgan fingerprint density at radius 3 is 2.50 bits per heavy atom. The van der Waals surface area contributed by atoms with E-state index in [0.717, 1.165) is 30.3 Å². The molecule has 0 radical (unpaired) electrons. The van der Waals surface area contributed by atoms with Gasteiger partial charge in [-0.2, -0.15) is 0 Å². The van der Waals surface area contributed by atoms with Crippen molar-refractivity contribution in [3.8, 4) is 16.9 Å². The largest absolute Gasteiger partial charge is 0.481 e. The highest BCUT2D eigenvalue weighted by atomic mass is 16.5. The van der Waals surface area contributed by atoms with E-state index in [1.165, 1.54) is 22.4 Å². The van der Waals surface area contributed by atoms with Gasteiger partial charge in [-0.05, 0) is 41.3 Å². The number of aromatic nitrogens is 1. The van der Waals surface area contributed by atoms with Crippen LogP contribution in [0.15, 0.2) is 78.9 Å². The highest BCUT2D eigenvalue weighted by molar-refractivity contribution is 5.88. The van der Waals surface area contributed by atoms with E-state index >= 15 is 0 Å². The Hall–Kier alpha value is -3.53.